The molecule has 0 unspecified atom stereocenters. The minimum absolute atomic E-state index is 0.00695. The highest BCUT2D eigenvalue weighted by Crippen LogP contribution is 2.23. The molecule has 0 aliphatic heterocycles. The van der Waals surface area contributed by atoms with E-state index in [2.05, 4.69) is 21.2 Å². The smallest absolute Gasteiger partial charge is 0.240 e. The zero-order valence-corrected chi connectivity index (χ0v) is 12.9. The van der Waals surface area contributed by atoms with Crippen LogP contribution in [-0.2, 0) is 16.6 Å². The molecule has 0 atom stereocenters. The second kappa shape index (κ2) is 5.82. The summed E-state index contributed by atoms with van der Waals surface area (Å²) in [7, 11) is -3.82. The van der Waals surface area contributed by atoms with E-state index in [0.29, 0.717) is 17.9 Å². The molecule has 0 spiro atoms. The van der Waals surface area contributed by atoms with Crippen LogP contribution in [0.15, 0.2) is 51.8 Å². The van der Waals surface area contributed by atoms with Gasteiger partial charge in [-0.25, -0.2) is 13.6 Å². The van der Waals surface area contributed by atoms with Gasteiger partial charge in [0.25, 0.3) is 0 Å². The molecule has 0 heterocycles. The summed E-state index contributed by atoms with van der Waals surface area (Å²) < 4.78 is 24.1. The maximum absolute atomic E-state index is 11.5. The molecule has 106 valence electrons. The Morgan fingerprint density at radius 3 is 2.55 bits per heavy atom. The number of nitrogens with two attached hydrogens (primary N) is 2. The van der Waals surface area contributed by atoms with Crippen LogP contribution in [0.4, 0.5) is 11.4 Å². The van der Waals surface area contributed by atoms with Crippen molar-refractivity contribution < 1.29 is 8.42 Å². The number of rotatable bonds is 4. The molecule has 5 nitrogen and oxygen atoms in total. The van der Waals surface area contributed by atoms with Crippen molar-refractivity contribution in [2.45, 2.75) is 11.4 Å². The van der Waals surface area contributed by atoms with Crippen LogP contribution in [-0.4, -0.2) is 8.42 Å². The zero-order chi connectivity index (χ0) is 14.8. The van der Waals surface area contributed by atoms with E-state index in [1.165, 1.54) is 6.07 Å². The van der Waals surface area contributed by atoms with Gasteiger partial charge in [-0.15, -0.1) is 0 Å². The summed E-state index contributed by atoms with van der Waals surface area (Å²) in [6, 6.07) is 12.3. The normalized spacial score (nSPS) is 11.3. The van der Waals surface area contributed by atoms with Crippen LogP contribution in [0.1, 0.15) is 5.56 Å². The molecule has 7 heteroatoms. The van der Waals surface area contributed by atoms with Crippen molar-refractivity contribution in [1.82, 2.24) is 0 Å². The number of hydrogen-bond acceptors (Lipinski definition) is 4. The van der Waals surface area contributed by atoms with Gasteiger partial charge in [0, 0.05) is 16.7 Å². The van der Waals surface area contributed by atoms with E-state index in [4.69, 9.17) is 10.9 Å². The third-order valence-corrected chi connectivity index (χ3v) is 4.13. The van der Waals surface area contributed by atoms with Crippen LogP contribution >= 0.6 is 15.9 Å². The predicted molar refractivity (Wildman–Crippen MR) is 83.7 cm³/mol. The number of sulfonamides is 1. The number of nitrogen functional groups attached to an aromatic ring is 1. The number of primary sulfonamides is 1. The van der Waals surface area contributed by atoms with Crippen molar-refractivity contribution in [3.05, 3.63) is 52.5 Å². The van der Waals surface area contributed by atoms with Crippen molar-refractivity contribution in [2.24, 2.45) is 5.14 Å². The molecule has 2 rings (SSSR count). The predicted octanol–water partition coefficient (Wildman–Crippen LogP) is 2.29. The van der Waals surface area contributed by atoms with E-state index in [-0.39, 0.29) is 4.90 Å². The van der Waals surface area contributed by atoms with Crippen molar-refractivity contribution in [3.8, 4) is 0 Å². The fraction of sp³-hybridized carbons (Fsp3) is 0.0769. The van der Waals surface area contributed by atoms with Gasteiger partial charge < -0.3 is 11.1 Å². The van der Waals surface area contributed by atoms with E-state index in [9.17, 15) is 8.42 Å². The van der Waals surface area contributed by atoms with E-state index < -0.39 is 10.0 Å². The summed E-state index contributed by atoms with van der Waals surface area (Å²) in [5.41, 5.74) is 7.39. The first-order chi connectivity index (χ1) is 9.36. The Hall–Kier alpha value is -1.57. The topological polar surface area (TPSA) is 98.2 Å². The van der Waals surface area contributed by atoms with Crippen molar-refractivity contribution in [3.63, 3.8) is 0 Å². The van der Waals surface area contributed by atoms with Gasteiger partial charge in [0.1, 0.15) is 4.90 Å². The molecule has 5 N–H and O–H groups in total. The first-order valence-electron chi connectivity index (χ1n) is 5.77. The molecule has 2 aromatic carbocycles. The summed E-state index contributed by atoms with van der Waals surface area (Å²) in [5, 5.41) is 8.24. The largest absolute Gasteiger partial charge is 0.399 e. The number of hydrogen-bond donors (Lipinski definition) is 3. The van der Waals surface area contributed by atoms with Gasteiger partial charge in [-0.2, -0.15) is 0 Å². The first-order valence-corrected chi connectivity index (χ1v) is 8.11. The van der Waals surface area contributed by atoms with E-state index >= 15 is 0 Å². The lowest BCUT2D eigenvalue weighted by molar-refractivity contribution is 0.598. The lowest BCUT2D eigenvalue weighted by Crippen LogP contribution is -2.15. The van der Waals surface area contributed by atoms with Gasteiger partial charge in [-0.3, -0.25) is 0 Å². The van der Waals surface area contributed by atoms with E-state index in [1.807, 2.05) is 24.3 Å². The molecule has 0 aliphatic rings. The van der Waals surface area contributed by atoms with Crippen LogP contribution in [0, 0.1) is 0 Å². The van der Waals surface area contributed by atoms with Gasteiger partial charge in [-0.1, -0.05) is 28.1 Å². The molecule has 0 radical (unpaired) electrons. The van der Waals surface area contributed by atoms with Crippen LogP contribution < -0.4 is 16.2 Å². The molecule has 0 saturated carbocycles. The second-order valence-corrected chi connectivity index (χ2v) is 6.73. The lowest BCUT2D eigenvalue weighted by atomic mass is 10.2. The Morgan fingerprint density at radius 2 is 1.90 bits per heavy atom. The minimum Gasteiger partial charge on any atom is -0.399 e. The van der Waals surface area contributed by atoms with Gasteiger partial charge in [0.05, 0.1) is 5.69 Å². The summed E-state index contributed by atoms with van der Waals surface area (Å²) in [6.07, 6.45) is 0. The summed E-state index contributed by atoms with van der Waals surface area (Å²) in [4.78, 5) is -0.00695. The zero-order valence-electron chi connectivity index (χ0n) is 10.5. The highest BCUT2D eigenvalue weighted by molar-refractivity contribution is 9.10. The fourth-order valence-corrected chi connectivity index (χ4v) is 2.96. The molecular weight excluding hydrogens is 342 g/mol. The molecule has 2 aromatic rings. The Bertz CT molecular complexity index is 732. The molecule has 0 aromatic heterocycles. The average molecular weight is 356 g/mol. The van der Waals surface area contributed by atoms with Crippen molar-refractivity contribution >= 4 is 37.3 Å². The summed E-state index contributed by atoms with van der Waals surface area (Å²) in [6.45, 7) is 0.478. The number of benzene rings is 2. The molecule has 0 bridgehead atoms. The Labute approximate surface area is 126 Å². The Balaban J connectivity index is 2.26. The molecule has 0 aliphatic carbocycles. The third-order valence-electron chi connectivity index (χ3n) is 2.68. The van der Waals surface area contributed by atoms with Gasteiger partial charge in [0.15, 0.2) is 0 Å². The average Bonchev–Trinajstić information content (AvgIpc) is 2.36. The molecule has 0 amide bonds. The molecule has 0 fully saturated rings. The molecule has 0 saturated heterocycles. The van der Waals surface area contributed by atoms with Crippen LogP contribution in [0.5, 0.6) is 0 Å². The molecular formula is C13H14BrN3O2S. The van der Waals surface area contributed by atoms with Crippen molar-refractivity contribution in [2.75, 3.05) is 11.1 Å². The van der Waals surface area contributed by atoms with Crippen LogP contribution in [0.3, 0.4) is 0 Å². The molecule has 20 heavy (non-hydrogen) atoms. The van der Waals surface area contributed by atoms with E-state index in [1.54, 1.807) is 12.1 Å². The summed E-state index contributed by atoms with van der Waals surface area (Å²) >= 11 is 3.38. The fourth-order valence-electron chi connectivity index (χ4n) is 1.76. The minimum atomic E-state index is -3.82. The van der Waals surface area contributed by atoms with Gasteiger partial charge in [0.2, 0.25) is 10.0 Å². The third kappa shape index (κ3) is 3.72. The van der Waals surface area contributed by atoms with Gasteiger partial charge in [-0.05, 0) is 35.9 Å². The van der Waals surface area contributed by atoms with Crippen LogP contribution in [0.2, 0.25) is 0 Å². The second-order valence-electron chi connectivity index (χ2n) is 4.28. The Morgan fingerprint density at radius 1 is 1.15 bits per heavy atom. The summed E-state index contributed by atoms with van der Waals surface area (Å²) in [5.74, 6) is 0. The number of anilines is 2. The lowest BCUT2D eigenvalue weighted by Gasteiger charge is -2.11. The van der Waals surface area contributed by atoms with Crippen molar-refractivity contribution in [1.29, 1.82) is 0 Å². The van der Waals surface area contributed by atoms with E-state index in [0.717, 1.165) is 10.0 Å². The number of halogens is 1. The monoisotopic (exact) mass is 355 g/mol. The first kappa shape index (κ1) is 14.8. The standard InChI is InChI=1S/C13H14BrN3O2S/c14-10-3-1-2-9(6-10)8-17-12-5-4-11(15)7-13(12)20(16,18)19/h1-7,17H,8,15H2,(H2,16,18,19). The highest BCUT2D eigenvalue weighted by Gasteiger charge is 2.14. The maximum atomic E-state index is 11.5. The SMILES string of the molecule is Nc1ccc(NCc2cccc(Br)c2)c(S(N)(=O)=O)c1. The number of nitrogens with one attached hydrogen (secondary N) is 1. The Kier molecular flexibility index (Phi) is 4.32. The highest BCUT2D eigenvalue weighted by atomic mass is 79.9. The quantitative estimate of drug-likeness (QED) is 0.732. The van der Waals surface area contributed by atoms with Crippen LogP contribution in [0.25, 0.3) is 0 Å². The maximum Gasteiger partial charge on any atom is 0.240 e. The van der Waals surface area contributed by atoms with Gasteiger partial charge >= 0.3 is 0 Å².